The van der Waals surface area contributed by atoms with Crippen LogP contribution in [-0.2, 0) is 4.79 Å². The summed E-state index contributed by atoms with van der Waals surface area (Å²) in [7, 11) is 1.55. The number of para-hydroxylation sites is 1. The molecule has 0 aliphatic heterocycles. The van der Waals surface area contributed by atoms with Crippen molar-refractivity contribution in [3.63, 3.8) is 0 Å². The molecule has 0 heterocycles. The second kappa shape index (κ2) is 8.73. The molecule has 0 unspecified atom stereocenters. The van der Waals surface area contributed by atoms with Crippen LogP contribution in [0.25, 0.3) is 0 Å². The topological polar surface area (TPSA) is 84.9 Å². The molecule has 1 atom stereocenters. The zero-order valence-corrected chi connectivity index (χ0v) is 14.2. The Balaban J connectivity index is 2.24. The minimum Gasteiger partial charge on any atom is -0.497 e. The Morgan fingerprint density at radius 3 is 2.40 bits per heavy atom. The lowest BCUT2D eigenvalue weighted by atomic mass is 10.0. The minimum absolute atomic E-state index is 0.227. The van der Waals surface area contributed by atoms with Gasteiger partial charge in [-0.1, -0.05) is 24.3 Å². The normalized spacial score (nSPS) is 11.4. The van der Waals surface area contributed by atoms with Gasteiger partial charge in [0, 0.05) is 0 Å². The maximum Gasteiger partial charge on any atom is 0.305 e. The molecule has 2 N–H and O–H groups in total. The van der Waals surface area contributed by atoms with E-state index >= 15 is 0 Å². The molecule has 0 bridgehead atoms. The van der Waals surface area contributed by atoms with Crippen LogP contribution in [0.15, 0.2) is 48.5 Å². The summed E-state index contributed by atoms with van der Waals surface area (Å²) in [4.78, 5) is 23.8. The first-order valence-electron chi connectivity index (χ1n) is 7.93. The molecule has 25 heavy (non-hydrogen) atoms. The van der Waals surface area contributed by atoms with Crippen LogP contribution in [0.1, 0.15) is 35.3 Å². The molecule has 2 aromatic carbocycles. The van der Waals surface area contributed by atoms with Gasteiger partial charge >= 0.3 is 5.97 Å². The van der Waals surface area contributed by atoms with E-state index in [1.165, 1.54) is 0 Å². The van der Waals surface area contributed by atoms with Gasteiger partial charge in [0.05, 0.1) is 31.7 Å². The third-order valence-corrected chi connectivity index (χ3v) is 3.63. The molecule has 0 spiro atoms. The quantitative estimate of drug-likeness (QED) is 0.769. The number of rotatable bonds is 8. The lowest BCUT2D eigenvalue weighted by Gasteiger charge is -2.19. The molecule has 6 heteroatoms. The van der Waals surface area contributed by atoms with Gasteiger partial charge in [0.25, 0.3) is 5.91 Å². The molecular weight excluding hydrogens is 322 g/mol. The van der Waals surface area contributed by atoms with E-state index in [0.29, 0.717) is 29.2 Å². The highest BCUT2D eigenvalue weighted by atomic mass is 16.5. The van der Waals surface area contributed by atoms with Crippen molar-refractivity contribution in [2.45, 2.75) is 19.4 Å². The summed E-state index contributed by atoms with van der Waals surface area (Å²) < 4.78 is 10.6. The van der Waals surface area contributed by atoms with Crippen LogP contribution in [0.5, 0.6) is 11.5 Å². The van der Waals surface area contributed by atoms with Crippen LogP contribution in [0, 0.1) is 0 Å². The third-order valence-electron chi connectivity index (χ3n) is 3.63. The number of hydrogen-bond acceptors (Lipinski definition) is 4. The fraction of sp³-hybridized carbons (Fsp3) is 0.263. The highest BCUT2D eigenvalue weighted by Gasteiger charge is 2.21. The average molecular weight is 343 g/mol. The molecule has 0 saturated heterocycles. The monoisotopic (exact) mass is 343 g/mol. The Bertz CT molecular complexity index is 727. The number of amides is 1. The highest BCUT2D eigenvalue weighted by molar-refractivity contribution is 5.97. The number of methoxy groups -OCH3 is 1. The van der Waals surface area contributed by atoms with E-state index in [1.54, 1.807) is 55.6 Å². The van der Waals surface area contributed by atoms with E-state index < -0.39 is 12.0 Å². The fourth-order valence-corrected chi connectivity index (χ4v) is 2.43. The summed E-state index contributed by atoms with van der Waals surface area (Å²) in [6.45, 7) is 2.26. The number of aliphatic carboxylic acids is 1. The Morgan fingerprint density at radius 1 is 1.12 bits per heavy atom. The Hall–Kier alpha value is -3.02. The van der Waals surface area contributed by atoms with Crippen LogP contribution in [0.2, 0.25) is 0 Å². The summed E-state index contributed by atoms with van der Waals surface area (Å²) in [5.41, 5.74) is 1.05. The number of hydrogen-bond donors (Lipinski definition) is 2. The SMILES string of the molecule is CCOc1ccccc1C(=O)N[C@H](CC(=O)O)c1ccc(OC)cc1. The maximum absolute atomic E-state index is 12.6. The van der Waals surface area contributed by atoms with Crippen LogP contribution in [0.4, 0.5) is 0 Å². The van der Waals surface area contributed by atoms with E-state index in [0.717, 1.165) is 0 Å². The summed E-state index contributed by atoms with van der Waals surface area (Å²) in [6, 6.07) is 13.1. The molecule has 132 valence electrons. The molecule has 0 aliphatic rings. The van der Waals surface area contributed by atoms with Gasteiger partial charge < -0.3 is 19.9 Å². The molecular formula is C19H21NO5. The smallest absolute Gasteiger partial charge is 0.305 e. The van der Waals surface area contributed by atoms with Gasteiger partial charge in [0.2, 0.25) is 0 Å². The first-order valence-corrected chi connectivity index (χ1v) is 7.93. The van der Waals surface area contributed by atoms with Crippen molar-refractivity contribution in [3.8, 4) is 11.5 Å². The van der Waals surface area contributed by atoms with Crippen molar-refractivity contribution in [3.05, 3.63) is 59.7 Å². The van der Waals surface area contributed by atoms with Crippen LogP contribution >= 0.6 is 0 Å². The zero-order chi connectivity index (χ0) is 18.2. The first-order chi connectivity index (χ1) is 12.0. The van der Waals surface area contributed by atoms with Gasteiger partial charge in [-0.05, 0) is 36.8 Å². The summed E-state index contributed by atoms with van der Waals surface area (Å²) >= 11 is 0. The largest absolute Gasteiger partial charge is 0.497 e. The van der Waals surface area contributed by atoms with Crippen molar-refractivity contribution in [2.24, 2.45) is 0 Å². The van der Waals surface area contributed by atoms with E-state index in [-0.39, 0.29) is 12.3 Å². The minimum atomic E-state index is -1.00. The second-order valence-electron chi connectivity index (χ2n) is 5.33. The standard InChI is InChI=1S/C19H21NO5/c1-3-25-17-7-5-4-6-15(17)19(23)20-16(12-18(21)22)13-8-10-14(24-2)11-9-13/h4-11,16H,3,12H2,1-2H3,(H,20,23)(H,21,22)/t16-/m1/s1. The molecule has 0 saturated carbocycles. The Morgan fingerprint density at radius 2 is 1.80 bits per heavy atom. The number of ether oxygens (including phenoxy) is 2. The third kappa shape index (κ3) is 4.97. The van der Waals surface area contributed by atoms with E-state index in [2.05, 4.69) is 5.32 Å². The van der Waals surface area contributed by atoms with Gasteiger partial charge in [-0.15, -0.1) is 0 Å². The molecule has 0 fully saturated rings. The van der Waals surface area contributed by atoms with E-state index in [9.17, 15) is 9.59 Å². The van der Waals surface area contributed by atoms with Crippen LogP contribution in [0.3, 0.4) is 0 Å². The van der Waals surface area contributed by atoms with Crippen molar-refractivity contribution < 1.29 is 24.2 Å². The van der Waals surface area contributed by atoms with Gasteiger partial charge in [-0.3, -0.25) is 9.59 Å². The van der Waals surface area contributed by atoms with Gasteiger partial charge in [0.15, 0.2) is 0 Å². The van der Waals surface area contributed by atoms with Crippen molar-refractivity contribution >= 4 is 11.9 Å². The lowest BCUT2D eigenvalue weighted by molar-refractivity contribution is -0.137. The van der Waals surface area contributed by atoms with Gasteiger partial charge in [-0.2, -0.15) is 0 Å². The average Bonchev–Trinajstić information content (AvgIpc) is 2.61. The lowest BCUT2D eigenvalue weighted by Crippen LogP contribution is -2.30. The summed E-state index contributed by atoms with van der Waals surface area (Å²) in [6.07, 6.45) is -0.227. The fourth-order valence-electron chi connectivity index (χ4n) is 2.43. The molecule has 2 aromatic rings. The summed E-state index contributed by atoms with van der Waals surface area (Å²) in [5.74, 6) is -0.262. The zero-order valence-electron chi connectivity index (χ0n) is 14.2. The maximum atomic E-state index is 12.6. The van der Waals surface area contributed by atoms with Crippen molar-refractivity contribution in [1.29, 1.82) is 0 Å². The van der Waals surface area contributed by atoms with Crippen molar-refractivity contribution in [2.75, 3.05) is 13.7 Å². The highest BCUT2D eigenvalue weighted by Crippen LogP contribution is 2.23. The molecule has 1 amide bonds. The number of carbonyl (C=O) groups is 2. The molecule has 6 nitrogen and oxygen atoms in total. The molecule has 2 rings (SSSR count). The van der Waals surface area contributed by atoms with Crippen molar-refractivity contribution in [1.82, 2.24) is 5.32 Å². The Kier molecular flexibility index (Phi) is 6.39. The van der Waals surface area contributed by atoms with Gasteiger partial charge in [-0.25, -0.2) is 0 Å². The van der Waals surface area contributed by atoms with E-state index in [4.69, 9.17) is 14.6 Å². The number of nitrogens with one attached hydrogen (secondary N) is 1. The number of carboxylic acid groups (broad SMARTS) is 1. The van der Waals surface area contributed by atoms with Gasteiger partial charge in [0.1, 0.15) is 11.5 Å². The van der Waals surface area contributed by atoms with Crippen LogP contribution < -0.4 is 14.8 Å². The summed E-state index contributed by atoms with van der Waals surface area (Å²) in [5, 5.41) is 11.9. The predicted molar refractivity (Wildman–Crippen MR) is 93.1 cm³/mol. The number of carbonyl (C=O) groups excluding carboxylic acids is 1. The number of carboxylic acids is 1. The predicted octanol–water partition coefficient (Wildman–Crippen LogP) is 3.04. The van der Waals surface area contributed by atoms with E-state index in [1.807, 2.05) is 6.92 Å². The first kappa shape index (κ1) is 18.3. The molecule has 0 radical (unpaired) electrons. The Labute approximate surface area is 146 Å². The van der Waals surface area contributed by atoms with Crippen LogP contribution in [-0.4, -0.2) is 30.7 Å². The number of benzene rings is 2. The molecule has 0 aliphatic carbocycles. The second-order valence-corrected chi connectivity index (χ2v) is 5.33. The molecule has 0 aromatic heterocycles.